The third kappa shape index (κ3) is 5.14. The summed E-state index contributed by atoms with van der Waals surface area (Å²) in [5, 5.41) is 12.8. The Morgan fingerprint density at radius 2 is 2.09 bits per heavy atom. The Morgan fingerprint density at radius 3 is 2.59 bits per heavy atom. The fourth-order valence-corrected chi connectivity index (χ4v) is 2.40. The largest absolute Gasteiger partial charge is 0.484 e. The van der Waals surface area contributed by atoms with Gasteiger partial charge in [-0.15, -0.1) is 0 Å². The number of nitrogens with two attached hydrogens (primary N) is 1. The van der Waals surface area contributed by atoms with Crippen molar-refractivity contribution in [2.45, 2.75) is 71.4 Å². The summed E-state index contributed by atoms with van der Waals surface area (Å²) in [7, 11) is 0. The van der Waals surface area contributed by atoms with Gasteiger partial charge in [0.25, 0.3) is 0 Å². The molecule has 0 aromatic rings. The maximum Gasteiger partial charge on any atom is 0.217 e. The molecule has 6 nitrogen and oxygen atoms in total. The third-order valence-electron chi connectivity index (χ3n) is 3.64. The Morgan fingerprint density at radius 1 is 1.45 bits per heavy atom. The molecule has 0 radical (unpaired) electrons. The Kier molecular flexibility index (Phi) is 7.62. The highest BCUT2D eigenvalue weighted by molar-refractivity contribution is 5.73. The number of amides is 1. The van der Waals surface area contributed by atoms with Gasteiger partial charge in [-0.1, -0.05) is 19.6 Å². The number of nitrogens with one attached hydrogen (secondary N) is 1. The van der Waals surface area contributed by atoms with Crippen molar-refractivity contribution in [1.29, 1.82) is 0 Å². The van der Waals surface area contributed by atoms with Crippen molar-refractivity contribution in [3.8, 4) is 0 Å². The number of hydrogen-bond donors (Lipinski definition) is 3. The summed E-state index contributed by atoms with van der Waals surface area (Å²) in [6.45, 7) is 7.70. The number of carbonyl (C=O) groups is 1. The summed E-state index contributed by atoms with van der Waals surface area (Å²) >= 11 is 0. The van der Waals surface area contributed by atoms with Crippen molar-refractivity contribution in [3.63, 3.8) is 0 Å². The Labute approximate surface area is 132 Å². The molecule has 3 atom stereocenters. The number of aliphatic hydroxyl groups is 1. The summed E-state index contributed by atoms with van der Waals surface area (Å²) in [5.74, 6) is 0.290. The van der Waals surface area contributed by atoms with E-state index in [1.165, 1.54) is 6.92 Å². The fraction of sp³-hybridized carbons (Fsp3) is 0.750. The molecule has 0 saturated heterocycles. The molecule has 0 heterocycles. The van der Waals surface area contributed by atoms with Crippen LogP contribution in [0, 0.1) is 0 Å². The molecular weight excluding hydrogens is 284 g/mol. The van der Waals surface area contributed by atoms with Gasteiger partial charge in [0.1, 0.15) is 6.04 Å². The van der Waals surface area contributed by atoms with Crippen LogP contribution in [-0.2, 0) is 14.3 Å². The van der Waals surface area contributed by atoms with E-state index in [4.69, 9.17) is 15.2 Å². The van der Waals surface area contributed by atoms with Crippen LogP contribution in [0.5, 0.6) is 0 Å². The van der Waals surface area contributed by atoms with Crippen LogP contribution >= 0.6 is 0 Å². The van der Waals surface area contributed by atoms with Gasteiger partial charge in [-0.3, -0.25) is 4.79 Å². The number of hydrogen-bond acceptors (Lipinski definition) is 5. The Hall–Kier alpha value is -1.33. The minimum absolute atomic E-state index is 0.0227. The van der Waals surface area contributed by atoms with Crippen molar-refractivity contribution in [3.05, 3.63) is 17.1 Å². The summed E-state index contributed by atoms with van der Waals surface area (Å²) in [6, 6.07) is -0.824. The van der Waals surface area contributed by atoms with E-state index < -0.39 is 12.3 Å². The minimum Gasteiger partial charge on any atom is -0.484 e. The van der Waals surface area contributed by atoms with E-state index >= 15 is 0 Å². The van der Waals surface area contributed by atoms with E-state index in [1.807, 2.05) is 13.8 Å². The second kappa shape index (κ2) is 8.96. The summed E-state index contributed by atoms with van der Waals surface area (Å²) in [5.41, 5.74) is 9.77. The lowest BCUT2D eigenvalue weighted by Crippen LogP contribution is -2.51. The molecule has 1 aliphatic rings. The molecule has 22 heavy (non-hydrogen) atoms. The minimum atomic E-state index is -1.05. The van der Waals surface area contributed by atoms with Crippen LogP contribution in [-0.4, -0.2) is 42.1 Å². The third-order valence-corrected chi connectivity index (χ3v) is 3.64. The van der Waals surface area contributed by atoms with E-state index in [9.17, 15) is 9.90 Å². The topological polar surface area (TPSA) is 93.8 Å². The lowest BCUT2D eigenvalue weighted by atomic mass is 9.93. The Balaban J connectivity index is 3.12. The predicted molar refractivity (Wildman–Crippen MR) is 83.8 cm³/mol. The van der Waals surface area contributed by atoms with Gasteiger partial charge in [-0.2, -0.15) is 0 Å². The molecule has 126 valence electrons. The SMILES string of the molecule is CCOC(O)C1=C=C(OC(CC)CC)[C@H](NC(C)=O)[C@@H](N)C1. The van der Waals surface area contributed by atoms with Gasteiger partial charge in [-0.25, -0.2) is 0 Å². The van der Waals surface area contributed by atoms with Crippen molar-refractivity contribution >= 4 is 5.91 Å². The van der Waals surface area contributed by atoms with Crippen molar-refractivity contribution in [1.82, 2.24) is 5.32 Å². The smallest absolute Gasteiger partial charge is 0.217 e. The van der Waals surface area contributed by atoms with Gasteiger partial charge in [0.15, 0.2) is 12.0 Å². The van der Waals surface area contributed by atoms with Gasteiger partial charge >= 0.3 is 0 Å². The number of rotatable bonds is 8. The number of aliphatic hydroxyl groups excluding tert-OH is 1. The standard InChI is InChI=1S/C16H28N2O4/c1-5-12(6-2)22-14-9-11(16(20)21-7-3)8-13(17)15(14)18-10(4)19/h12-13,15-16,20H,5-8,17H2,1-4H3,(H,18,19)/t13-,15+,16?/m0/s1. The molecular formula is C16H28N2O4. The molecule has 6 heteroatoms. The van der Waals surface area contributed by atoms with Crippen LogP contribution in [0.2, 0.25) is 0 Å². The first-order valence-corrected chi connectivity index (χ1v) is 7.91. The van der Waals surface area contributed by atoms with Crippen molar-refractivity contribution in [2.75, 3.05) is 6.61 Å². The highest BCUT2D eigenvalue weighted by atomic mass is 16.6. The molecule has 0 aliphatic heterocycles. The zero-order valence-electron chi connectivity index (χ0n) is 13.9. The van der Waals surface area contributed by atoms with Crippen molar-refractivity contribution in [2.24, 2.45) is 5.73 Å². The first kappa shape index (κ1) is 18.7. The van der Waals surface area contributed by atoms with Gasteiger partial charge in [0, 0.05) is 25.1 Å². The zero-order chi connectivity index (χ0) is 16.7. The molecule has 0 bridgehead atoms. The van der Waals surface area contributed by atoms with E-state index in [0.717, 1.165) is 12.8 Å². The second-order valence-electron chi connectivity index (χ2n) is 5.42. The first-order valence-electron chi connectivity index (χ1n) is 7.91. The molecule has 1 amide bonds. The van der Waals surface area contributed by atoms with Crippen LogP contribution in [0.15, 0.2) is 17.1 Å². The molecule has 1 aliphatic carbocycles. The van der Waals surface area contributed by atoms with E-state index in [0.29, 0.717) is 24.4 Å². The van der Waals surface area contributed by atoms with Crippen LogP contribution < -0.4 is 11.1 Å². The molecule has 4 N–H and O–H groups in total. The molecule has 1 rings (SSSR count). The maximum absolute atomic E-state index is 11.4. The fourth-order valence-electron chi connectivity index (χ4n) is 2.40. The molecule has 0 aromatic carbocycles. The van der Waals surface area contributed by atoms with Gasteiger partial charge in [0.05, 0.1) is 6.10 Å². The Bertz CT molecular complexity index is 439. The van der Waals surface area contributed by atoms with Crippen LogP contribution in [0.1, 0.15) is 47.0 Å². The molecule has 1 unspecified atom stereocenters. The molecule has 0 saturated carbocycles. The second-order valence-corrected chi connectivity index (χ2v) is 5.42. The normalized spacial score (nSPS) is 22.9. The molecule has 0 fully saturated rings. The van der Waals surface area contributed by atoms with E-state index in [1.54, 1.807) is 6.92 Å². The zero-order valence-corrected chi connectivity index (χ0v) is 13.9. The molecule has 0 spiro atoms. The van der Waals surface area contributed by atoms with Crippen LogP contribution in [0.25, 0.3) is 0 Å². The monoisotopic (exact) mass is 312 g/mol. The lowest BCUT2D eigenvalue weighted by Gasteiger charge is -2.32. The van der Waals surface area contributed by atoms with Gasteiger partial charge in [0.2, 0.25) is 5.91 Å². The number of ether oxygens (including phenoxy) is 2. The van der Waals surface area contributed by atoms with Crippen molar-refractivity contribution < 1.29 is 19.4 Å². The quantitative estimate of drug-likeness (QED) is 0.462. The summed E-state index contributed by atoms with van der Waals surface area (Å²) in [6.07, 6.45) is 1.05. The average molecular weight is 312 g/mol. The highest BCUT2D eigenvalue weighted by Gasteiger charge is 2.32. The predicted octanol–water partition coefficient (Wildman–Crippen LogP) is 1.19. The van der Waals surface area contributed by atoms with Crippen LogP contribution in [0.4, 0.5) is 0 Å². The van der Waals surface area contributed by atoms with Crippen LogP contribution in [0.3, 0.4) is 0 Å². The summed E-state index contributed by atoms with van der Waals surface area (Å²) < 4.78 is 11.2. The number of carbonyl (C=O) groups excluding carboxylic acids is 1. The lowest BCUT2D eigenvalue weighted by molar-refractivity contribution is -0.120. The highest BCUT2D eigenvalue weighted by Crippen LogP contribution is 2.24. The summed E-state index contributed by atoms with van der Waals surface area (Å²) in [4.78, 5) is 11.4. The van der Waals surface area contributed by atoms with E-state index in [2.05, 4.69) is 11.0 Å². The average Bonchev–Trinajstić information content (AvgIpc) is 2.47. The van der Waals surface area contributed by atoms with E-state index in [-0.39, 0.29) is 18.1 Å². The molecule has 0 aromatic heterocycles. The first-order chi connectivity index (χ1) is 10.4. The van der Waals surface area contributed by atoms with Gasteiger partial charge < -0.3 is 25.6 Å². The maximum atomic E-state index is 11.4. The van der Waals surface area contributed by atoms with Gasteiger partial charge in [-0.05, 0) is 26.2 Å².